The van der Waals surface area contributed by atoms with Gasteiger partial charge in [0.05, 0.1) is 5.75 Å². The Balaban J connectivity index is 1.87. The van der Waals surface area contributed by atoms with Crippen LogP contribution in [0.1, 0.15) is 27.3 Å². The lowest BCUT2D eigenvalue weighted by molar-refractivity contribution is 0.102. The second-order valence-electron chi connectivity index (χ2n) is 5.85. The maximum Gasteiger partial charge on any atom is 0.209 e. The number of hydrogen-bond donors (Lipinski definition) is 0. The summed E-state index contributed by atoms with van der Waals surface area (Å²) < 4.78 is 17.3. The van der Waals surface area contributed by atoms with Crippen molar-refractivity contribution in [1.29, 1.82) is 0 Å². The van der Waals surface area contributed by atoms with Crippen LogP contribution >= 0.6 is 11.8 Å². The largest absolute Gasteiger partial charge is 0.318 e. The molecule has 0 spiro atoms. The second kappa shape index (κ2) is 6.79. The van der Waals surface area contributed by atoms with E-state index in [1.165, 1.54) is 22.5 Å². The van der Waals surface area contributed by atoms with Crippen molar-refractivity contribution in [3.05, 3.63) is 52.6 Å². The summed E-state index contributed by atoms with van der Waals surface area (Å²) in [4.78, 5) is 12.6. The first-order valence-corrected chi connectivity index (χ1v) is 8.71. The van der Waals surface area contributed by atoms with Crippen molar-refractivity contribution in [3.8, 4) is 5.69 Å². The summed E-state index contributed by atoms with van der Waals surface area (Å²) in [7, 11) is 1.73. The third-order valence-corrected chi connectivity index (χ3v) is 5.07. The van der Waals surface area contributed by atoms with Gasteiger partial charge in [-0.25, -0.2) is 9.07 Å². The van der Waals surface area contributed by atoms with Crippen LogP contribution in [0.5, 0.6) is 0 Å². The van der Waals surface area contributed by atoms with Crippen molar-refractivity contribution in [2.75, 3.05) is 5.75 Å². The summed E-state index contributed by atoms with van der Waals surface area (Å²) in [6.45, 7) is 5.50. The lowest BCUT2D eigenvalue weighted by atomic mass is 10.2. The fraction of sp³-hybridized carbons (Fsp3) is 0.294. The summed E-state index contributed by atoms with van der Waals surface area (Å²) in [5.41, 5.74) is 3.61. The molecular weight excluding hydrogens is 341 g/mol. The minimum Gasteiger partial charge on any atom is -0.318 e. The van der Waals surface area contributed by atoms with E-state index >= 15 is 0 Å². The van der Waals surface area contributed by atoms with E-state index in [1.807, 2.05) is 30.5 Å². The van der Waals surface area contributed by atoms with Gasteiger partial charge in [0.1, 0.15) is 5.82 Å². The molecule has 0 aliphatic heterocycles. The fourth-order valence-electron chi connectivity index (χ4n) is 2.71. The van der Waals surface area contributed by atoms with Gasteiger partial charge in [-0.1, -0.05) is 17.8 Å². The zero-order valence-electron chi connectivity index (χ0n) is 14.4. The molecule has 0 aliphatic carbocycles. The standard InChI is InChI=1S/C17H18FN5OS/c1-10-5-6-13(8-15(10)18)23-11(2)7-14(12(23)3)16(24)9-25-17-19-20-21-22(17)4/h5-8H,9H2,1-4H3. The molecule has 2 aromatic heterocycles. The van der Waals surface area contributed by atoms with Crippen LogP contribution in [0.25, 0.3) is 5.69 Å². The molecule has 0 bridgehead atoms. The van der Waals surface area contributed by atoms with E-state index < -0.39 is 0 Å². The van der Waals surface area contributed by atoms with Crippen molar-refractivity contribution >= 4 is 17.5 Å². The fourth-order valence-corrected chi connectivity index (χ4v) is 3.45. The Morgan fingerprint density at radius 3 is 2.64 bits per heavy atom. The van der Waals surface area contributed by atoms with Gasteiger partial charge in [0.15, 0.2) is 5.78 Å². The molecule has 2 heterocycles. The molecule has 0 atom stereocenters. The molecule has 130 valence electrons. The Hall–Kier alpha value is -2.48. The van der Waals surface area contributed by atoms with Gasteiger partial charge in [0, 0.05) is 29.7 Å². The molecule has 0 aliphatic rings. The smallest absolute Gasteiger partial charge is 0.209 e. The quantitative estimate of drug-likeness (QED) is 0.517. The predicted octanol–water partition coefficient (Wildman–Crippen LogP) is 3.04. The lowest BCUT2D eigenvalue weighted by Crippen LogP contribution is -2.06. The van der Waals surface area contributed by atoms with E-state index in [9.17, 15) is 9.18 Å². The van der Waals surface area contributed by atoms with Gasteiger partial charge in [-0.2, -0.15) is 0 Å². The molecule has 6 nitrogen and oxygen atoms in total. The van der Waals surface area contributed by atoms with E-state index in [4.69, 9.17) is 0 Å². The maximum absolute atomic E-state index is 13.9. The number of thioether (sulfide) groups is 1. The number of benzene rings is 1. The SMILES string of the molecule is Cc1ccc(-n2c(C)cc(C(=O)CSc3nnnn3C)c2C)cc1F. The van der Waals surface area contributed by atoms with Crippen LogP contribution in [0, 0.1) is 26.6 Å². The Morgan fingerprint density at radius 2 is 2.00 bits per heavy atom. The molecule has 0 N–H and O–H groups in total. The molecule has 8 heteroatoms. The maximum atomic E-state index is 13.9. The van der Waals surface area contributed by atoms with Gasteiger partial charge >= 0.3 is 0 Å². The number of ketones is 1. The number of aromatic nitrogens is 5. The summed E-state index contributed by atoms with van der Waals surface area (Å²) in [5, 5.41) is 11.7. The number of Topliss-reactive ketones (excluding diaryl/α,β-unsaturated/α-hetero) is 1. The van der Waals surface area contributed by atoms with Crippen molar-refractivity contribution in [2.24, 2.45) is 7.05 Å². The normalized spacial score (nSPS) is 11.1. The average molecular weight is 359 g/mol. The molecule has 3 aromatic rings. The van der Waals surface area contributed by atoms with Gasteiger partial charge in [0.2, 0.25) is 5.16 Å². The number of carbonyl (C=O) groups excluding carboxylic acids is 1. The van der Waals surface area contributed by atoms with E-state index in [2.05, 4.69) is 15.5 Å². The molecule has 0 fully saturated rings. The minimum atomic E-state index is -0.261. The van der Waals surface area contributed by atoms with Gasteiger partial charge in [-0.05, 0) is 55.0 Å². The molecule has 0 radical (unpaired) electrons. The van der Waals surface area contributed by atoms with Gasteiger partial charge in [-0.15, -0.1) is 5.10 Å². The first kappa shape index (κ1) is 17.3. The summed E-state index contributed by atoms with van der Waals surface area (Å²) >= 11 is 1.29. The van der Waals surface area contributed by atoms with Crippen LogP contribution in [0.3, 0.4) is 0 Å². The molecule has 3 rings (SSSR count). The lowest BCUT2D eigenvalue weighted by Gasteiger charge is -2.11. The number of nitrogens with zero attached hydrogens (tertiary/aromatic N) is 5. The second-order valence-corrected chi connectivity index (χ2v) is 6.79. The van der Waals surface area contributed by atoms with Crippen LogP contribution in [-0.2, 0) is 7.05 Å². The van der Waals surface area contributed by atoms with Crippen molar-refractivity contribution in [2.45, 2.75) is 25.9 Å². The van der Waals surface area contributed by atoms with Gasteiger partial charge in [-0.3, -0.25) is 4.79 Å². The van der Waals surface area contributed by atoms with Gasteiger partial charge < -0.3 is 4.57 Å². The highest BCUT2D eigenvalue weighted by atomic mass is 32.2. The van der Waals surface area contributed by atoms with Gasteiger partial charge in [0.25, 0.3) is 0 Å². The molecule has 0 amide bonds. The first-order valence-electron chi connectivity index (χ1n) is 7.72. The third-order valence-electron chi connectivity index (χ3n) is 4.06. The molecular formula is C17H18FN5OS. The van der Waals surface area contributed by atoms with E-state index in [-0.39, 0.29) is 17.4 Å². The molecule has 0 saturated carbocycles. The number of halogens is 1. The Bertz CT molecular complexity index is 947. The number of rotatable bonds is 5. The van der Waals surface area contributed by atoms with Crippen LogP contribution in [0.15, 0.2) is 29.4 Å². The number of tetrazole rings is 1. The molecule has 0 saturated heterocycles. The van der Waals surface area contributed by atoms with Crippen LogP contribution < -0.4 is 0 Å². The minimum absolute atomic E-state index is 0.0140. The monoisotopic (exact) mass is 359 g/mol. The Morgan fingerprint density at radius 1 is 1.24 bits per heavy atom. The predicted molar refractivity (Wildman–Crippen MR) is 93.8 cm³/mol. The average Bonchev–Trinajstić information content (AvgIpc) is 3.11. The summed E-state index contributed by atoms with van der Waals surface area (Å²) in [6.07, 6.45) is 0. The number of carbonyl (C=O) groups is 1. The van der Waals surface area contributed by atoms with Crippen molar-refractivity contribution in [3.63, 3.8) is 0 Å². The number of aryl methyl sites for hydroxylation is 3. The van der Waals surface area contributed by atoms with E-state index in [1.54, 1.807) is 20.0 Å². The molecule has 1 aromatic carbocycles. The van der Waals surface area contributed by atoms with E-state index in [0.29, 0.717) is 22.0 Å². The highest BCUT2D eigenvalue weighted by Crippen LogP contribution is 2.24. The highest BCUT2D eigenvalue weighted by molar-refractivity contribution is 7.99. The molecule has 0 unspecified atom stereocenters. The zero-order valence-corrected chi connectivity index (χ0v) is 15.3. The van der Waals surface area contributed by atoms with Crippen LogP contribution in [0.4, 0.5) is 4.39 Å². The number of hydrogen-bond acceptors (Lipinski definition) is 5. The Kier molecular flexibility index (Phi) is 4.71. The third kappa shape index (κ3) is 3.34. The molecule has 25 heavy (non-hydrogen) atoms. The first-order chi connectivity index (χ1) is 11.9. The Labute approximate surface area is 149 Å². The highest BCUT2D eigenvalue weighted by Gasteiger charge is 2.18. The zero-order chi connectivity index (χ0) is 18.1. The summed E-state index contributed by atoms with van der Waals surface area (Å²) in [5.74, 6) is -0.0380. The van der Waals surface area contributed by atoms with Crippen molar-refractivity contribution in [1.82, 2.24) is 24.8 Å². The van der Waals surface area contributed by atoms with Crippen molar-refractivity contribution < 1.29 is 9.18 Å². The topological polar surface area (TPSA) is 65.6 Å². The van der Waals surface area contributed by atoms with Crippen LogP contribution in [0.2, 0.25) is 0 Å². The van der Waals surface area contributed by atoms with E-state index in [0.717, 1.165) is 11.4 Å². The van der Waals surface area contributed by atoms with Crippen LogP contribution in [-0.4, -0.2) is 36.3 Å². The summed E-state index contributed by atoms with van der Waals surface area (Å²) in [6, 6.07) is 6.92.